The number of hydrogen-bond donors (Lipinski definition) is 2. The smallest absolute Gasteiger partial charge is 0.243 e. The van der Waals surface area contributed by atoms with Gasteiger partial charge >= 0.3 is 0 Å². The lowest BCUT2D eigenvalue weighted by Gasteiger charge is -1.99. The second kappa shape index (κ2) is 16.7. The molecule has 0 spiro atoms. The topological polar surface area (TPSA) is 49.3 Å². The van der Waals surface area contributed by atoms with Gasteiger partial charge in [-0.05, 0) is 25.7 Å². The number of hydrogen-bond acceptors (Lipinski definition) is 2. The van der Waals surface area contributed by atoms with Crippen molar-refractivity contribution in [3.63, 3.8) is 0 Å². The zero-order valence-corrected chi connectivity index (χ0v) is 13.4. The molecule has 0 radical (unpaired) electrons. The Morgan fingerprint density at radius 3 is 2.05 bits per heavy atom. The molecule has 0 saturated carbocycles. The van der Waals surface area contributed by atoms with E-state index < -0.39 is 0 Å². The van der Waals surface area contributed by atoms with Gasteiger partial charge in [-0.1, -0.05) is 75.5 Å². The van der Waals surface area contributed by atoms with Crippen molar-refractivity contribution in [2.24, 2.45) is 0 Å². The maximum absolute atomic E-state index is 10.8. The van der Waals surface area contributed by atoms with Gasteiger partial charge in [-0.2, -0.15) is 0 Å². The van der Waals surface area contributed by atoms with Crippen molar-refractivity contribution >= 4 is 5.91 Å². The molecule has 0 atom stereocenters. The van der Waals surface area contributed by atoms with Gasteiger partial charge in [0, 0.05) is 6.42 Å². The number of carbonyl (C=O) groups excluding carboxylic acids is 1. The quantitative estimate of drug-likeness (QED) is 0.215. The third kappa shape index (κ3) is 16.6. The molecule has 0 aromatic carbocycles. The first-order valence-electron chi connectivity index (χ1n) is 8.22. The van der Waals surface area contributed by atoms with Gasteiger partial charge in [0.2, 0.25) is 5.91 Å². The minimum atomic E-state index is -0.284. The molecule has 0 aliphatic carbocycles. The number of amides is 1. The second-order valence-corrected chi connectivity index (χ2v) is 5.22. The predicted octanol–water partition coefficient (Wildman–Crippen LogP) is 5.08. The van der Waals surface area contributed by atoms with E-state index in [0.29, 0.717) is 6.42 Å². The van der Waals surface area contributed by atoms with Gasteiger partial charge < -0.3 is 0 Å². The molecule has 3 nitrogen and oxygen atoms in total. The van der Waals surface area contributed by atoms with Crippen molar-refractivity contribution in [3.8, 4) is 0 Å². The third-order valence-electron chi connectivity index (χ3n) is 3.23. The number of rotatable bonds is 13. The van der Waals surface area contributed by atoms with Crippen LogP contribution in [0.5, 0.6) is 0 Å². The number of carbonyl (C=O) groups is 1. The average molecular weight is 293 g/mol. The zero-order valence-electron chi connectivity index (χ0n) is 13.4. The fourth-order valence-corrected chi connectivity index (χ4v) is 1.93. The lowest BCUT2D eigenvalue weighted by atomic mass is 10.1. The van der Waals surface area contributed by atoms with Crippen molar-refractivity contribution in [2.45, 2.75) is 71.1 Å². The zero-order chi connectivity index (χ0) is 15.6. The number of unbranched alkanes of at least 4 members (excludes halogenated alkanes) is 7. The summed E-state index contributed by atoms with van der Waals surface area (Å²) < 4.78 is 0. The van der Waals surface area contributed by atoms with Gasteiger partial charge in [0.1, 0.15) is 0 Å². The molecule has 2 N–H and O–H groups in total. The third-order valence-corrected chi connectivity index (χ3v) is 3.23. The molecule has 0 aliphatic rings. The van der Waals surface area contributed by atoms with Crippen LogP contribution in [-0.2, 0) is 4.79 Å². The van der Waals surface area contributed by atoms with Gasteiger partial charge in [0.15, 0.2) is 0 Å². The van der Waals surface area contributed by atoms with Crippen LogP contribution in [0.25, 0.3) is 0 Å². The first-order chi connectivity index (χ1) is 10.3. The highest BCUT2D eigenvalue weighted by Crippen LogP contribution is 2.07. The molecular formula is C18H31NO2. The molecule has 0 aromatic rings. The molecular weight excluding hydrogens is 262 g/mol. The summed E-state index contributed by atoms with van der Waals surface area (Å²) in [5.41, 5.74) is 1.66. The van der Waals surface area contributed by atoms with E-state index >= 15 is 0 Å². The fourth-order valence-electron chi connectivity index (χ4n) is 1.93. The Hall–Kier alpha value is -1.35. The van der Waals surface area contributed by atoms with Gasteiger partial charge in [-0.25, -0.2) is 5.48 Å². The highest BCUT2D eigenvalue weighted by Gasteiger charge is 1.97. The van der Waals surface area contributed by atoms with Crippen molar-refractivity contribution in [2.75, 3.05) is 0 Å². The summed E-state index contributed by atoms with van der Waals surface area (Å²) in [5.74, 6) is -0.284. The van der Waals surface area contributed by atoms with E-state index in [1.807, 2.05) is 0 Å². The lowest BCUT2D eigenvalue weighted by Crippen LogP contribution is -2.17. The predicted molar refractivity (Wildman–Crippen MR) is 89.2 cm³/mol. The molecule has 0 aromatic heterocycles. The van der Waals surface area contributed by atoms with E-state index in [0.717, 1.165) is 25.7 Å². The molecule has 0 unspecified atom stereocenters. The van der Waals surface area contributed by atoms with Crippen LogP contribution in [0.3, 0.4) is 0 Å². The van der Waals surface area contributed by atoms with Crippen LogP contribution in [0.1, 0.15) is 71.1 Å². The molecule has 0 heterocycles. The Labute approximate surface area is 129 Å². The Kier molecular flexibility index (Phi) is 15.6. The van der Waals surface area contributed by atoms with Crippen LogP contribution in [0, 0.1) is 0 Å². The van der Waals surface area contributed by atoms with Crippen LogP contribution >= 0.6 is 0 Å². The van der Waals surface area contributed by atoms with Gasteiger partial charge in [-0.3, -0.25) is 10.0 Å². The van der Waals surface area contributed by atoms with Crippen LogP contribution in [0.15, 0.2) is 36.5 Å². The van der Waals surface area contributed by atoms with Crippen LogP contribution in [0.4, 0.5) is 0 Å². The summed E-state index contributed by atoms with van der Waals surface area (Å²) in [5, 5.41) is 8.33. The Balaban J connectivity index is 3.30. The van der Waals surface area contributed by atoms with Crippen LogP contribution < -0.4 is 5.48 Å². The first-order valence-corrected chi connectivity index (χ1v) is 8.22. The minimum absolute atomic E-state index is 0.284. The van der Waals surface area contributed by atoms with E-state index in [9.17, 15) is 4.79 Å². The Morgan fingerprint density at radius 2 is 1.43 bits per heavy atom. The lowest BCUT2D eigenvalue weighted by molar-refractivity contribution is -0.129. The molecule has 3 heteroatoms. The average Bonchev–Trinajstić information content (AvgIpc) is 2.50. The largest absolute Gasteiger partial charge is 0.289 e. The van der Waals surface area contributed by atoms with Crippen molar-refractivity contribution in [3.05, 3.63) is 36.5 Å². The van der Waals surface area contributed by atoms with Crippen LogP contribution in [0.2, 0.25) is 0 Å². The maximum atomic E-state index is 10.8. The summed E-state index contributed by atoms with van der Waals surface area (Å²) in [6.45, 7) is 2.21. The van der Waals surface area contributed by atoms with Crippen molar-refractivity contribution in [1.29, 1.82) is 0 Å². The van der Waals surface area contributed by atoms with Crippen molar-refractivity contribution in [1.82, 2.24) is 5.48 Å². The fraction of sp³-hybridized carbons (Fsp3) is 0.611. The van der Waals surface area contributed by atoms with Gasteiger partial charge in [0.05, 0.1) is 0 Å². The molecule has 0 rings (SSSR count). The van der Waals surface area contributed by atoms with E-state index in [1.165, 1.54) is 32.1 Å². The van der Waals surface area contributed by atoms with E-state index in [2.05, 4.69) is 43.4 Å². The standard InChI is InChI=1S/C18H31NO2/c1-2-3-4-5-6-7-8-9-10-11-12-13-14-15-16-17-18(20)19-21/h5-10,21H,2-4,11-17H2,1H3,(H,19,20)/b6-5+,8-7+,10-9+. The maximum Gasteiger partial charge on any atom is 0.243 e. The molecule has 120 valence electrons. The number of allylic oxidation sites excluding steroid dienone is 6. The molecule has 1 amide bonds. The molecule has 0 bridgehead atoms. The molecule has 0 fully saturated rings. The number of nitrogens with one attached hydrogen (secondary N) is 1. The normalized spacial score (nSPS) is 11.9. The minimum Gasteiger partial charge on any atom is -0.289 e. The van der Waals surface area contributed by atoms with Crippen LogP contribution in [-0.4, -0.2) is 11.1 Å². The highest BCUT2D eigenvalue weighted by molar-refractivity contribution is 5.74. The first kappa shape index (κ1) is 19.7. The summed E-state index contributed by atoms with van der Waals surface area (Å²) in [7, 11) is 0. The summed E-state index contributed by atoms with van der Waals surface area (Å²) >= 11 is 0. The van der Waals surface area contributed by atoms with E-state index in [-0.39, 0.29) is 5.91 Å². The Morgan fingerprint density at radius 1 is 0.857 bits per heavy atom. The monoisotopic (exact) mass is 293 g/mol. The number of hydroxylamine groups is 1. The highest BCUT2D eigenvalue weighted by atomic mass is 16.5. The second-order valence-electron chi connectivity index (χ2n) is 5.22. The summed E-state index contributed by atoms with van der Waals surface area (Å²) in [6, 6.07) is 0. The van der Waals surface area contributed by atoms with E-state index in [1.54, 1.807) is 5.48 Å². The SMILES string of the molecule is CCCC/C=C/C=C/C=C/CCCCCCCC(=O)NO. The summed E-state index contributed by atoms with van der Waals surface area (Å²) in [4.78, 5) is 10.8. The molecule has 0 aliphatic heterocycles. The molecule has 0 saturated heterocycles. The molecule has 21 heavy (non-hydrogen) atoms. The van der Waals surface area contributed by atoms with Gasteiger partial charge in [-0.15, -0.1) is 0 Å². The Bertz CT molecular complexity index is 319. The van der Waals surface area contributed by atoms with Gasteiger partial charge in [0.25, 0.3) is 0 Å². The summed E-state index contributed by atoms with van der Waals surface area (Å²) in [6.07, 6.45) is 23.5. The van der Waals surface area contributed by atoms with E-state index in [4.69, 9.17) is 5.21 Å². The van der Waals surface area contributed by atoms with Crippen molar-refractivity contribution < 1.29 is 10.0 Å².